The highest BCUT2D eigenvalue weighted by atomic mass is 16.3. The van der Waals surface area contributed by atoms with Gasteiger partial charge in [-0.25, -0.2) is 0 Å². The molecular formula is C7H9N3O. The van der Waals surface area contributed by atoms with E-state index < -0.39 is 0 Å². The second kappa shape index (κ2) is 2.62. The number of hydrogen-bond donors (Lipinski definition) is 2. The molecule has 0 aliphatic carbocycles. The Balaban J connectivity index is 3.01. The van der Waals surface area contributed by atoms with E-state index in [4.69, 9.17) is 11.0 Å². The van der Waals surface area contributed by atoms with Crippen LogP contribution < -0.4 is 5.73 Å². The van der Waals surface area contributed by atoms with Crippen LogP contribution in [0.15, 0.2) is 16.3 Å². The van der Waals surface area contributed by atoms with Crippen molar-refractivity contribution >= 4 is 5.84 Å². The van der Waals surface area contributed by atoms with E-state index in [1.807, 2.05) is 6.92 Å². The van der Waals surface area contributed by atoms with Crippen molar-refractivity contribution in [1.82, 2.24) is 0 Å². The normalized spacial score (nSPS) is 23.3. The molecule has 58 valence electrons. The van der Waals surface area contributed by atoms with Crippen molar-refractivity contribution in [3.05, 3.63) is 11.3 Å². The van der Waals surface area contributed by atoms with Crippen LogP contribution in [0.3, 0.4) is 0 Å². The molecule has 0 fully saturated rings. The Kier molecular flexibility index (Phi) is 1.81. The molecule has 3 N–H and O–H groups in total. The van der Waals surface area contributed by atoms with E-state index in [0.29, 0.717) is 6.42 Å². The number of rotatable bonds is 1. The molecule has 0 saturated heterocycles. The SMILES string of the molecule is CC[C@H]1N=C(N)C(C#N)=C1O. The quantitative estimate of drug-likeness (QED) is 0.571. The lowest BCUT2D eigenvalue weighted by molar-refractivity contribution is 0.367. The van der Waals surface area contributed by atoms with Crippen LogP contribution in [0.2, 0.25) is 0 Å². The van der Waals surface area contributed by atoms with Crippen LogP contribution in [-0.2, 0) is 0 Å². The van der Waals surface area contributed by atoms with Gasteiger partial charge in [-0.15, -0.1) is 0 Å². The van der Waals surface area contributed by atoms with Crippen LogP contribution >= 0.6 is 0 Å². The van der Waals surface area contributed by atoms with Gasteiger partial charge in [0.1, 0.15) is 29.3 Å². The smallest absolute Gasteiger partial charge is 0.140 e. The van der Waals surface area contributed by atoms with E-state index in [1.165, 1.54) is 0 Å². The third-order valence-electron chi connectivity index (χ3n) is 1.62. The van der Waals surface area contributed by atoms with Gasteiger partial charge in [-0.2, -0.15) is 5.26 Å². The molecule has 0 spiro atoms. The number of aliphatic hydroxyl groups excluding tert-OH is 1. The Morgan fingerprint density at radius 2 is 2.45 bits per heavy atom. The fourth-order valence-corrected chi connectivity index (χ4v) is 0.991. The summed E-state index contributed by atoms with van der Waals surface area (Å²) in [5.41, 5.74) is 5.48. The minimum atomic E-state index is -0.301. The molecule has 0 bridgehead atoms. The number of nitriles is 1. The molecule has 4 nitrogen and oxygen atoms in total. The first-order chi connectivity index (χ1) is 5.20. The van der Waals surface area contributed by atoms with Crippen LogP contribution in [0, 0.1) is 11.3 Å². The summed E-state index contributed by atoms with van der Waals surface area (Å²) in [4.78, 5) is 3.89. The summed E-state index contributed by atoms with van der Waals surface area (Å²) in [6.45, 7) is 1.87. The topological polar surface area (TPSA) is 82.4 Å². The van der Waals surface area contributed by atoms with Crippen LogP contribution in [0.1, 0.15) is 13.3 Å². The molecule has 0 aromatic heterocycles. The maximum absolute atomic E-state index is 9.28. The maximum atomic E-state index is 9.28. The van der Waals surface area contributed by atoms with E-state index in [2.05, 4.69) is 4.99 Å². The Morgan fingerprint density at radius 1 is 1.82 bits per heavy atom. The first kappa shape index (κ1) is 7.61. The molecule has 0 aromatic carbocycles. The third-order valence-corrected chi connectivity index (χ3v) is 1.62. The van der Waals surface area contributed by atoms with Crippen molar-refractivity contribution in [1.29, 1.82) is 5.26 Å². The van der Waals surface area contributed by atoms with Crippen molar-refractivity contribution in [3.63, 3.8) is 0 Å². The van der Waals surface area contributed by atoms with Gasteiger partial charge in [-0.1, -0.05) is 6.92 Å². The summed E-state index contributed by atoms with van der Waals surface area (Å²) in [7, 11) is 0. The first-order valence-corrected chi connectivity index (χ1v) is 3.37. The Morgan fingerprint density at radius 3 is 2.73 bits per heavy atom. The molecule has 1 heterocycles. The first-order valence-electron chi connectivity index (χ1n) is 3.37. The Hall–Kier alpha value is -1.50. The molecule has 0 unspecified atom stereocenters. The van der Waals surface area contributed by atoms with Crippen molar-refractivity contribution < 1.29 is 5.11 Å². The molecule has 1 aliphatic rings. The summed E-state index contributed by atoms with van der Waals surface area (Å²) in [6.07, 6.45) is 0.664. The van der Waals surface area contributed by atoms with Gasteiger partial charge in [0.15, 0.2) is 0 Å². The fourth-order valence-electron chi connectivity index (χ4n) is 0.991. The zero-order valence-corrected chi connectivity index (χ0v) is 6.20. The molecule has 1 aliphatic heterocycles. The number of amidine groups is 1. The van der Waals surface area contributed by atoms with E-state index in [-0.39, 0.29) is 23.2 Å². The molecule has 11 heavy (non-hydrogen) atoms. The van der Waals surface area contributed by atoms with E-state index in [1.54, 1.807) is 6.07 Å². The second-order valence-corrected chi connectivity index (χ2v) is 2.31. The lowest BCUT2D eigenvalue weighted by Crippen LogP contribution is -2.11. The van der Waals surface area contributed by atoms with Gasteiger partial charge in [-0.3, -0.25) is 4.99 Å². The summed E-state index contributed by atoms with van der Waals surface area (Å²) >= 11 is 0. The van der Waals surface area contributed by atoms with E-state index in [0.717, 1.165) is 0 Å². The van der Waals surface area contributed by atoms with Gasteiger partial charge in [0, 0.05) is 0 Å². The lowest BCUT2D eigenvalue weighted by Gasteiger charge is -2.00. The van der Waals surface area contributed by atoms with Crippen molar-refractivity contribution in [3.8, 4) is 6.07 Å². The van der Waals surface area contributed by atoms with Crippen LogP contribution in [0.25, 0.3) is 0 Å². The molecule has 0 amide bonds. The van der Waals surface area contributed by atoms with Gasteiger partial charge in [-0.05, 0) is 6.42 Å². The fraction of sp³-hybridized carbons (Fsp3) is 0.429. The van der Waals surface area contributed by atoms with Crippen LogP contribution in [-0.4, -0.2) is 17.0 Å². The van der Waals surface area contributed by atoms with Gasteiger partial charge in [0.2, 0.25) is 0 Å². The molecule has 4 heteroatoms. The number of nitrogens with zero attached hydrogens (tertiary/aromatic N) is 2. The van der Waals surface area contributed by atoms with Crippen molar-refractivity contribution in [2.24, 2.45) is 10.7 Å². The second-order valence-electron chi connectivity index (χ2n) is 2.31. The minimum Gasteiger partial charge on any atom is -0.508 e. The predicted molar refractivity (Wildman–Crippen MR) is 41.0 cm³/mol. The minimum absolute atomic E-state index is 0.00694. The predicted octanol–water partition coefficient (Wildman–Crippen LogP) is 0.471. The van der Waals surface area contributed by atoms with E-state index in [9.17, 15) is 5.11 Å². The maximum Gasteiger partial charge on any atom is 0.140 e. The molecule has 1 rings (SSSR count). The number of aliphatic imine (C=N–C) groups is 1. The highest BCUT2D eigenvalue weighted by Crippen LogP contribution is 2.19. The zero-order chi connectivity index (χ0) is 8.43. The summed E-state index contributed by atoms with van der Waals surface area (Å²) < 4.78 is 0. The number of hydrogen-bond acceptors (Lipinski definition) is 4. The molecule has 1 atom stereocenters. The summed E-state index contributed by atoms with van der Waals surface area (Å²) in [5.74, 6) is 0.157. The van der Waals surface area contributed by atoms with Gasteiger partial charge in [0.25, 0.3) is 0 Å². The zero-order valence-electron chi connectivity index (χ0n) is 6.20. The monoisotopic (exact) mass is 151 g/mol. The average molecular weight is 151 g/mol. The Labute approximate surface area is 64.7 Å². The third kappa shape index (κ3) is 1.05. The molecule has 0 saturated carbocycles. The number of aliphatic hydroxyl groups is 1. The molecule has 0 radical (unpaired) electrons. The van der Waals surface area contributed by atoms with Crippen molar-refractivity contribution in [2.45, 2.75) is 19.4 Å². The molecular weight excluding hydrogens is 142 g/mol. The highest BCUT2D eigenvalue weighted by Gasteiger charge is 2.24. The molecule has 0 aromatic rings. The standard InChI is InChI=1S/C7H9N3O/c1-2-5-6(11)4(3-8)7(9)10-5/h5,11H,2H2,1H3,(H2,9,10)/t5-/m1/s1. The summed E-state index contributed by atoms with van der Waals surface area (Å²) in [6, 6.07) is 1.50. The number of nitrogens with two attached hydrogens (primary N) is 1. The largest absolute Gasteiger partial charge is 0.508 e. The van der Waals surface area contributed by atoms with Crippen LogP contribution in [0.4, 0.5) is 0 Å². The average Bonchev–Trinajstić information content (AvgIpc) is 2.26. The van der Waals surface area contributed by atoms with Gasteiger partial charge in [0.05, 0.1) is 0 Å². The Bertz CT molecular complexity index is 272. The van der Waals surface area contributed by atoms with Crippen LogP contribution in [0.5, 0.6) is 0 Å². The summed E-state index contributed by atoms with van der Waals surface area (Å²) in [5, 5.41) is 17.8. The van der Waals surface area contributed by atoms with E-state index >= 15 is 0 Å². The lowest BCUT2D eigenvalue weighted by atomic mass is 10.1. The van der Waals surface area contributed by atoms with Gasteiger partial charge >= 0.3 is 0 Å². The highest BCUT2D eigenvalue weighted by molar-refractivity contribution is 6.03. The van der Waals surface area contributed by atoms with Gasteiger partial charge < -0.3 is 10.8 Å². The van der Waals surface area contributed by atoms with Crippen molar-refractivity contribution in [2.75, 3.05) is 0 Å².